The zero-order valence-electron chi connectivity index (χ0n) is 7.99. The van der Waals surface area contributed by atoms with Gasteiger partial charge in [-0.15, -0.1) is 0 Å². The van der Waals surface area contributed by atoms with Crippen LogP contribution >= 0.6 is 11.6 Å². The van der Waals surface area contributed by atoms with Crippen molar-refractivity contribution in [2.45, 2.75) is 0 Å². The molecule has 3 N–H and O–H groups in total. The molecule has 1 aromatic carbocycles. The van der Waals surface area contributed by atoms with Crippen LogP contribution < -0.4 is 5.73 Å². The first-order chi connectivity index (χ1) is 7.02. The van der Waals surface area contributed by atoms with Gasteiger partial charge in [-0.3, -0.25) is 0 Å². The monoisotopic (exact) mass is 224 g/mol. The van der Waals surface area contributed by atoms with Crippen LogP contribution in [-0.4, -0.2) is 15.6 Å². The molecule has 0 aliphatic rings. The number of nitrogens with zero attached hydrogens (tertiary/aromatic N) is 1. The number of halogens is 1. The summed E-state index contributed by atoms with van der Waals surface area (Å²) >= 11 is 5.82. The number of carbonyl (C=O) groups is 1. The second kappa shape index (κ2) is 3.17. The Morgan fingerprint density at radius 3 is 2.80 bits per heavy atom. The van der Waals surface area contributed by atoms with Gasteiger partial charge in [0.1, 0.15) is 0 Å². The van der Waals surface area contributed by atoms with Crippen LogP contribution in [0.25, 0.3) is 10.9 Å². The van der Waals surface area contributed by atoms with E-state index in [9.17, 15) is 4.79 Å². The van der Waals surface area contributed by atoms with Gasteiger partial charge in [-0.05, 0) is 18.2 Å². The Hall–Kier alpha value is -1.68. The van der Waals surface area contributed by atoms with Crippen molar-refractivity contribution in [1.82, 2.24) is 4.57 Å². The summed E-state index contributed by atoms with van der Waals surface area (Å²) in [6.45, 7) is 0. The normalized spacial score (nSPS) is 10.8. The van der Waals surface area contributed by atoms with Crippen molar-refractivity contribution in [1.29, 1.82) is 0 Å². The molecule has 0 bridgehead atoms. The van der Waals surface area contributed by atoms with E-state index in [0.29, 0.717) is 10.4 Å². The van der Waals surface area contributed by atoms with Crippen LogP contribution in [-0.2, 0) is 7.05 Å². The van der Waals surface area contributed by atoms with Gasteiger partial charge in [0, 0.05) is 17.5 Å². The lowest BCUT2D eigenvalue weighted by atomic mass is 10.2. The van der Waals surface area contributed by atoms with E-state index >= 15 is 0 Å². The molecule has 0 aliphatic carbocycles. The number of aromatic carboxylic acids is 1. The highest BCUT2D eigenvalue weighted by molar-refractivity contribution is 6.31. The fourth-order valence-electron chi connectivity index (χ4n) is 1.70. The fraction of sp³-hybridized carbons (Fsp3) is 0.100. The fourth-order valence-corrected chi connectivity index (χ4v) is 1.88. The van der Waals surface area contributed by atoms with E-state index in [-0.39, 0.29) is 11.4 Å². The number of aryl methyl sites for hydroxylation is 1. The van der Waals surface area contributed by atoms with E-state index in [4.69, 9.17) is 22.4 Å². The van der Waals surface area contributed by atoms with Crippen molar-refractivity contribution in [3.05, 3.63) is 28.9 Å². The van der Waals surface area contributed by atoms with Gasteiger partial charge in [-0.25, -0.2) is 4.79 Å². The largest absolute Gasteiger partial charge is 0.477 e. The van der Waals surface area contributed by atoms with E-state index in [1.54, 1.807) is 29.8 Å². The first kappa shape index (κ1) is 9.86. The Labute approximate surface area is 90.9 Å². The minimum absolute atomic E-state index is 0.0901. The molecule has 0 saturated carbocycles. The number of anilines is 1. The van der Waals surface area contributed by atoms with Gasteiger partial charge in [0.15, 0.2) is 5.69 Å². The first-order valence-electron chi connectivity index (χ1n) is 4.29. The van der Waals surface area contributed by atoms with Gasteiger partial charge in [0.05, 0.1) is 11.2 Å². The summed E-state index contributed by atoms with van der Waals surface area (Å²) < 4.78 is 1.54. The standard InChI is InChI=1S/C10H9ClN2O2/c1-13-7-3-2-5(11)4-6(7)8(12)9(13)10(14)15/h2-4H,12H2,1H3,(H,14,15). The average molecular weight is 225 g/mol. The number of hydrogen-bond acceptors (Lipinski definition) is 2. The Kier molecular flexibility index (Phi) is 2.08. The average Bonchev–Trinajstić information content (AvgIpc) is 2.39. The SMILES string of the molecule is Cn1c(C(=O)O)c(N)c2cc(Cl)ccc21. The lowest BCUT2D eigenvalue weighted by Gasteiger charge is -1.98. The van der Waals surface area contributed by atoms with E-state index in [1.807, 2.05) is 0 Å². The highest BCUT2D eigenvalue weighted by Crippen LogP contribution is 2.29. The minimum atomic E-state index is -1.04. The van der Waals surface area contributed by atoms with Crippen LogP contribution in [0, 0.1) is 0 Å². The predicted molar refractivity (Wildman–Crippen MR) is 59.3 cm³/mol. The highest BCUT2D eigenvalue weighted by atomic mass is 35.5. The maximum atomic E-state index is 11.0. The Morgan fingerprint density at radius 2 is 2.20 bits per heavy atom. The molecule has 15 heavy (non-hydrogen) atoms. The van der Waals surface area contributed by atoms with Crippen molar-refractivity contribution in [3.8, 4) is 0 Å². The molecule has 1 aromatic heterocycles. The van der Waals surface area contributed by atoms with Gasteiger partial charge in [-0.1, -0.05) is 11.6 Å². The topological polar surface area (TPSA) is 68.2 Å². The number of aromatic nitrogens is 1. The van der Waals surface area contributed by atoms with Crippen LogP contribution in [0.2, 0.25) is 5.02 Å². The summed E-state index contributed by atoms with van der Waals surface area (Å²) in [4.78, 5) is 11.0. The number of carboxylic acid groups (broad SMARTS) is 1. The van der Waals surface area contributed by atoms with E-state index in [0.717, 1.165) is 5.52 Å². The molecule has 5 heteroatoms. The van der Waals surface area contributed by atoms with Gasteiger partial charge in [-0.2, -0.15) is 0 Å². The maximum Gasteiger partial charge on any atom is 0.354 e. The van der Waals surface area contributed by atoms with Gasteiger partial charge < -0.3 is 15.4 Å². The van der Waals surface area contributed by atoms with Crippen LogP contribution in [0.5, 0.6) is 0 Å². The quantitative estimate of drug-likeness (QED) is 0.780. The molecule has 0 aliphatic heterocycles. The first-order valence-corrected chi connectivity index (χ1v) is 4.67. The number of hydrogen-bond donors (Lipinski definition) is 2. The van der Waals surface area contributed by atoms with Crippen molar-refractivity contribution in [2.75, 3.05) is 5.73 Å². The van der Waals surface area contributed by atoms with E-state index in [1.165, 1.54) is 0 Å². The van der Waals surface area contributed by atoms with Gasteiger partial charge in [0.25, 0.3) is 0 Å². The molecule has 0 fully saturated rings. The summed E-state index contributed by atoms with van der Waals surface area (Å²) in [5.41, 5.74) is 6.85. The molecule has 2 aromatic rings. The Balaban J connectivity index is 2.91. The van der Waals surface area contributed by atoms with Crippen molar-refractivity contribution in [2.24, 2.45) is 7.05 Å². The minimum Gasteiger partial charge on any atom is -0.477 e. The van der Waals surface area contributed by atoms with Crippen molar-refractivity contribution in [3.63, 3.8) is 0 Å². The third-order valence-corrected chi connectivity index (χ3v) is 2.64. The van der Waals surface area contributed by atoms with Gasteiger partial charge in [0.2, 0.25) is 0 Å². The van der Waals surface area contributed by atoms with Crippen LogP contribution in [0.15, 0.2) is 18.2 Å². The number of nitrogen functional groups attached to an aromatic ring is 1. The zero-order chi connectivity index (χ0) is 11.2. The Morgan fingerprint density at radius 1 is 1.53 bits per heavy atom. The highest BCUT2D eigenvalue weighted by Gasteiger charge is 2.18. The predicted octanol–water partition coefficient (Wildman–Crippen LogP) is 2.11. The maximum absolute atomic E-state index is 11.0. The molecular weight excluding hydrogens is 216 g/mol. The molecule has 1 heterocycles. The summed E-state index contributed by atoms with van der Waals surface area (Å²) in [7, 11) is 1.66. The molecule has 4 nitrogen and oxygen atoms in total. The molecule has 0 radical (unpaired) electrons. The summed E-state index contributed by atoms with van der Waals surface area (Å²) in [6, 6.07) is 5.12. The van der Waals surface area contributed by atoms with Crippen molar-refractivity contribution < 1.29 is 9.90 Å². The van der Waals surface area contributed by atoms with Crippen LogP contribution in [0.3, 0.4) is 0 Å². The molecule has 0 unspecified atom stereocenters. The molecule has 0 amide bonds. The molecule has 0 spiro atoms. The zero-order valence-corrected chi connectivity index (χ0v) is 8.75. The summed E-state index contributed by atoms with van der Waals surface area (Å²) in [5.74, 6) is -1.04. The molecular formula is C10H9ClN2O2. The third-order valence-electron chi connectivity index (χ3n) is 2.40. The van der Waals surface area contributed by atoms with Crippen molar-refractivity contribution >= 4 is 34.2 Å². The number of fused-ring (bicyclic) bond motifs is 1. The second-order valence-corrected chi connectivity index (χ2v) is 3.72. The molecule has 0 atom stereocenters. The number of nitrogens with two attached hydrogens (primary N) is 1. The van der Waals surface area contributed by atoms with Gasteiger partial charge >= 0.3 is 5.97 Å². The lowest BCUT2D eigenvalue weighted by Crippen LogP contribution is -2.06. The number of rotatable bonds is 1. The second-order valence-electron chi connectivity index (χ2n) is 3.29. The summed E-state index contributed by atoms with van der Waals surface area (Å²) in [5, 5.41) is 10.2. The van der Waals surface area contributed by atoms with E-state index in [2.05, 4.69) is 0 Å². The van der Waals surface area contributed by atoms with E-state index < -0.39 is 5.97 Å². The molecule has 0 saturated heterocycles. The number of benzene rings is 1. The number of carboxylic acids is 1. The Bertz CT molecular complexity index is 560. The van der Waals surface area contributed by atoms with Crippen LogP contribution in [0.1, 0.15) is 10.5 Å². The lowest BCUT2D eigenvalue weighted by molar-refractivity contribution is 0.0688. The van der Waals surface area contributed by atoms with Crippen LogP contribution in [0.4, 0.5) is 5.69 Å². The third kappa shape index (κ3) is 1.34. The molecule has 2 rings (SSSR count). The molecule has 78 valence electrons. The summed E-state index contributed by atoms with van der Waals surface area (Å²) in [6.07, 6.45) is 0. The smallest absolute Gasteiger partial charge is 0.354 e.